The van der Waals surface area contributed by atoms with Gasteiger partial charge in [0.25, 0.3) is 0 Å². The summed E-state index contributed by atoms with van der Waals surface area (Å²) in [6.07, 6.45) is 3.05. The molecule has 1 aliphatic rings. The van der Waals surface area contributed by atoms with Crippen LogP contribution in [0, 0.1) is 17.6 Å². The van der Waals surface area contributed by atoms with Crippen molar-refractivity contribution in [1.29, 1.82) is 0 Å². The van der Waals surface area contributed by atoms with E-state index in [1.54, 1.807) is 0 Å². The molecule has 0 aliphatic carbocycles. The van der Waals surface area contributed by atoms with Crippen molar-refractivity contribution in [2.75, 3.05) is 18.0 Å². The van der Waals surface area contributed by atoms with Gasteiger partial charge in [0.1, 0.15) is 29.1 Å². The fraction of sp³-hybridized carbons (Fsp3) is 0.261. The third-order valence-corrected chi connectivity index (χ3v) is 5.70. The second kappa shape index (κ2) is 7.94. The van der Waals surface area contributed by atoms with Crippen LogP contribution in [0.15, 0.2) is 53.2 Å². The number of amides is 1. The van der Waals surface area contributed by atoms with Gasteiger partial charge in [0.15, 0.2) is 11.4 Å². The first-order valence-corrected chi connectivity index (χ1v) is 10.2. The Morgan fingerprint density at radius 3 is 2.94 bits per heavy atom. The smallest absolute Gasteiger partial charge is 0.225 e. The van der Waals surface area contributed by atoms with Crippen LogP contribution >= 0.6 is 0 Å². The summed E-state index contributed by atoms with van der Waals surface area (Å²) in [5.41, 5.74) is 2.35. The maximum atomic E-state index is 13.8. The van der Waals surface area contributed by atoms with Crippen LogP contribution in [-0.2, 0) is 11.3 Å². The number of anilines is 1. The molecule has 5 rings (SSSR count). The van der Waals surface area contributed by atoms with Crippen LogP contribution in [0.4, 0.5) is 14.6 Å². The highest BCUT2D eigenvalue weighted by atomic mass is 19.1. The van der Waals surface area contributed by atoms with Crippen molar-refractivity contribution in [1.82, 2.24) is 15.3 Å². The van der Waals surface area contributed by atoms with E-state index in [0.717, 1.165) is 41.9 Å². The zero-order valence-corrected chi connectivity index (χ0v) is 16.6. The van der Waals surface area contributed by atoms with Crippen molar-refractivity contribution < 1.29 is 18.0 Å². The number of fused-ring (bicyclic) bond motifs is 3. The first-order chi connectivity index (χ1) is 15.1. The maximum Gasteiger partial charge on any atom is 0.225 e. The molecule has 2 aromatic heterocycles. The van der Waals surface area contributed by atoms with Crippen molar-refractivity contribution >= 4 is 33.8 Å². The van der Waals surface area contributed by atoms with Gasteiger partial charge in [-0.05, 0) is 31.0 Å². The van der Waals surface area contributed by atoms with Crippen LogP contribution in [-0.4, -0.2) is 29.0 Å². The summed E-state index contributed by atoms with van der Waals surface area (Å²) < 4.78 is 32.9. The number of carbonyl (C=O) groups is 1. The Kier molecular flexibility index (Phi) is 4.97. The Morgan fingerprint density at radius 1 is 1.19 bits per heavy atom. The SMILES string of the molecule is O=C(NCc1ccc(F)cc1F)[C@H]1CCCN(c2ncnc3c2oc2ccccc23)C1. The Morgan fingerprint density at radius 2 is 2.06 bits per heavy atom. The van der Waals surface area contributed by atoms with E-state index in [-0.39, 0.29) is 23.9 Å². The molecule has 0 bridgehead atoms. The number of nitrogens with zero attached hydrogens (tertiary/aromatic N) is 3. The van der Waals surface area contributed by atoms with E-state index in [1.807, 2.05) is 29.2 Å². The summed E-state index contributed by atoms with van der Waals surface area (Å²) in [7, 11) is 0. The predicted molar refractivity (Wildman–Crippen MR) is 112 cm³/mol. The molecule has 1 atom stereocenters. The number of benzene rings is 2. The first kappa shape index (κ1) is 19.4. The molecule has 3 heterocycles. The molecule has 1 fully saturated rings. The van der Waals surface area contributed by atoms with Crippen LogP contribution in [0.3, 0.4) is 0 Å². The minimum atomic E-state index is -0.668. The lowest BCUT2D eigenvalue weighted by atomic mass is 9.97. The van der Waals surface area contributed by atoms with Gasteiger partial charge in [-0.1, -0.05) is 18.2 Å². The van der Waals surface area contributed by atoms with Gasteiger partial charge < -0.3 is 14.6 Å². The molecule has 6 nitrogen and oxygen atoms in total. The number of hydrogen-bond acceptors (Lipinski definition) is 5. The van der Waals surface area contributed by atoms with Crippen molar-refractivity contribution in [2.45, 2.75) is 19.4 Å². The molecule has 158 valence electrons. The quantitative estimate of drug-likeness (QED) is 0.534. The molecule has 8 heteroatoms. The van der Waals surface area contributed by atoms with E-state index in [1.165, 1.54) is 18.5 Å². The number of rotatable bonds is 4. The molecule has 4 aromatic rings. The minimum absolute atomic E-state index is 0.0166. The van der Waals surface area contributed by atoms with Gasteiger partial charge in [-0.15, -0.1) is 0 Å². The van der Waals surface area contributed by atoms with E-state index in [2.05, 4.69) is 15.3 Å². The first-order valence-electron chi connectivity index (χ1n) is 10.2. The van der Waals surface area contributed by atoms with E-state index in [4.69, 9.17) is 4.42 Å². The third kappa shape index (κ3) is 3.69. The Bertz CT molecular complexity index is 1270. The van der Waals surface area contributed by atoms with Gasteiger partial charge in [-0.2, -0.15) is 0 Å². The van der Waals surface area contributed by atoms with E-state index in [9.17, 15) is 13.6 Å². The lowest BCUT2D eigenvalue weighted by molar-refractivity contribution is -0.125. The van der Waals surface area contributed by atoms with E-state index >= 15 is 0 Å². The summed E-state index contributed by atoms with van der Waals surface area (Å²) in [6.45, 7) is 1.24. The normalized spacial score (nSPS) is 16.7. The van der Waals surface area contributed by atoms with Gasteiger partial charge in [0.2, 0.25) is 5.91 Å². The highest BCUT2D eigenvalue weighted by molar-refractivity contribution is 6.05. The molecule has 1 N–H and O–H groups in total. The number of furan rings is 1. The van der Waals surface area contributed by atoms with Crippen LogP contribution in [0.2, 0.25) is 0 Å². The zero-order chi connectivity index (χ0) is 21.4. The standard InChI is InChI=1S/C23H20F2N4O2/c24-16-8-7-14(18(25)10-16)11-26-23(30)15-4-3-9-29(12-15)22-21-20(27-13-28-22)17-5-1-2-6-19(17)31-21/h1-2,5-8,10,13,15H,3-4,9,11-12H2,(H,26,30)/t15-/m0/s1. The molecule has 2 aromatic carbocycles. The number of piperidine rings is 1. The van der Waals surface area contributed by atoms with Crippen LogP contribution in [0.5, 0.6) is 0 Å². The Balaban J connectivity index is 1.34. The van der Waals surface area contributed by atoms with Crippen LogP contribution in [0.25, 0.3) is 22.1 Å². The van der Waals surface area contributed by atoms with Gasteiger partial charge >= 0.3 is 0 Å². The van der Waals surface area contributed by atoms with Crippen LogP contribution < -0.4 is 10.2 Å². The average Bonchev–Trinajstić information content (AvgIpc) is 3.17. The van der Waals surface area contributed by atoms with E-state index < -0.39 is 11.6 Å². The Labute approximate surface area is 176 Å². The monoisotopic (exact) mass is 422 g/mol. The molecule has 0 unspecified atom stereocenters. The zero-order valence-electron chi connectivity index (χ0n) is 16.6. The Hall–Kier alpha value is -3.55. The van der Waals surface area contributed by atoms with Gasteiger partial charge in [0, 0.05) is 36.7 Å². The topological polar surface area (TPSA) is 71.3 Å². The van der Waals surface area contributed by atoms with Gasteiger partial charge in [-0.25, -0.2) is 18.7 Å². The van der Waals surface area contributed by atoms with Crippen molar-refractivity contribution in [3.63, 3.8) is 0 Å². The molecule has 1 aliphatic heterocycles. The molecule has 1 amide bonds. The van der Waals surface area contributed by atoms with Crippen molar-refractivity contribution in [2.24, 2.45) is 5.92 Å². The second-order valence-corrected chi connectivity index (χ2v) is 7.71. The molecule has 0 radical (unpaired) electrons. The number of carbonyl (C=O) groups excluding carboxylic acids is 1. The van der Waals surface area contributed by atoms with E-state index in [0.29, 0.717) is 17.9 Å². The lowest BCUT2D eigenvalue weighted by Crippen LogP contribution is -2.43. The van der Waals surface area contributed by atoms with Gasteiger partial charge in [0.05, 0.1) is 5.92 Å². The molecule has 1 saturated heterocycles. The predicted octanol–water partition coefficient (Wildman–Crippen LogP) is 4.19. The van der Waals surface area contributed by atoms with Crippen LogP contribution in [0.1, 0.15) is 18.4 Å². The largest absolute Gasteiger partial charge is 0.450 e. The molecule has 31 heavy (non-hydrogen) atoms. The number of para-hydroxylation sites is 1. The summed E-state index contributed by atoms with van der Waals surface area (Å²) in [5, 5.41) is 3.70. The molecule has 0 spiro atoms. The number of aromatic nitrogens is 2. The minimum Gasteiger partial charge on any atom is -0.450 e. The molecule has 0 saturated carbocycles. The number of hydrogen-bond donors (Lipinski definition) is 1. The fourth-order valence-corrected chi connectivity index (χ4v) is 4.11. The van der Waals surface area contributed by atoms with Gasteiger partial charge in [-0.3, -0.25) is 4.79 Å². The third-order valence-electron chi connectivity index (χ3n) is 5.70. The second-order valence-electron chi connectivity index (χ2n) is 7.71. The summed E-state index contributed by atoms with van der Waals surface area (Å²) in [6, 6.07) is 11.0. The number of halogens is 2. The lowest BCUT2D eigenvalue weighted by Gasteiger charge is -2.32. The number of nitrogens with one attached hydrogen (secondary N) is 1. The average molecular weight is 422 g/mol. The maximum absolute atomic E-state index is 13.8. The van der Waals surface area contributed by atoms with Crippen molar-refractivity contribution in [3.8, 4) is 0 Å². The summed E-state index contributed by atoms with van der Waals surface area (Å²) in [5.74, 6) is -1.07. The molecular formula is C23H20F2N4O2. The summed E-state index contributed by atoms with van der Waals surface area (Å²) >= 11 is 0. The molecular weight excluding hydrogens is 402 g/mol. The fourth-order valence-electron chi connectivity index (χ4n) is 4.11. The highest BCUT2D eigenvalue weighted by Crippen LogP contribution is 2.33. The summed E-state index contributed by atoms with van der Waals surface area (Å²) in [4.78, 5) is 23.6. The van der Waals surface area contributed by atoms with Crippen molar-refractivity contribution in [3.05, 3.63) is 66.0 Å². The highest BCUT2D eigenvalue weighted by Gasteiger charge is 2.28.